The lowest BCUT2D eigenvalue weighted by atomic mass is 10.2. The summed E-state index contributed by atoms with van der Waals surface area (Å²) in [6.07, 6.45) is 3.93. The quantitative estimate of drug-likeness (QED) is 0.256. The number of hydrogen-bond acceptors (Lipinski definition) is 4. The highest BCUT2D eigenvalue weighted by Crippen LogP contribution is 2.27. The van der Waals surface area contributed by atoms with E-state index >= 15 is 0 Å². The van der Waals surface area contributed by atoms with Gasteiger partial charge in [-0.1, -0.05) is 0 Å². The summed E-state index contributed by atoms with van der Waals surface area (Å²) >= 11 is 0. The van der Waals surface area contributed by atoms with Crippen LogP contribution >= 0.6 is 0 Å². The van der Waals surface area contributed by atoms with Gasteiger partial charge in [0.1, 0.15) is 11.4 Å². The van der Waals surface area contributed by atoms with Crippen molar-refractivity contribution in [1.29, 1.82) is 5.41 Å². The van der Waals surface area contributed by atoms with Crippen LogP contribution < -0.4 is 11.1 Å². The van der Waals surface area contributed by atoms with Crippen molar-refractivity contribution in [3.8, 4) is 0 Å². The third-order valence-corrected chi connectivity index (χ3v) is 2.14. The van der Waals surface area contributed by atoms with Gasteiger partial charge in [0.25, 0.3) is 0 Å². The molecule has 0 radical (unpaired) electrons. The molecular formula is C10H17N3O2. The Balaban J connectivity index is 2.46. The lowest BCUT2D eigenvalue weighted by Crippen LogP contribution is -2.24. The standard InChI is InChI=1S/C10H17N3O2/c1-2-15-10(14)8(9(11)12)6-13-5-7-3-4-7/h6-7,13H,2-5H2,1H3,(H3,11,12)/b8-6+. The van der Waals surface area contributed by atoms with Crippen LogP contribution in [0.2, 0.25) is 0 Å². The molecule has 0 amide bonds. The minimum Gasteiger partial charge on any atom is -0.462 e. The lowest BCUT2D eigenvalue weighted by molar-refractivity contribution is -0.137. The number of amidine groups is 1. The summed E-state index contributed by atoms with van der Waals surface area (Å²) in [6, 6.07) is 0. The molecule has 0 heterocycles. The van der Waals surface area contributed by atoms with E-state index < -0.39 is 5.97 Å². The molecule has 4 N–H and O–H groups in total. The minimum atomic E-state index is -0.548. The lowest BCUT2D eigenvalue weighted by Gasteiger charge is -2.05. The zero-order chi connectivity index (χ0) is 11.3. The number of rotatable bonds is 6. The summed E-state index contributed by atoms with van der Waals surface area (Å²) in [5, 5.41) is 10.2. The predicted octanol–water partition coefficient (Wildman–Crippen LogP) is 0.369. The van der Waals surface area contributed by atoms with Crippen molar-refractivity contribution in [2.45, 2.75) is 19.8 Å². The first-order valence-electron chi connectivity index (χ1n) is 5.10. The van der Waals surface area contributed by atoms with Gasteiger partial charge in [-0.25, -0.2) is 4.79 Å². The Morgan fingerprint density at radius 3 is 2.80 bits per heavy atom. The molecule has 0 aromatic carbocycles. The fraction of sp³-hybridized carbons (Fsp3) is 0.600. The number of nitrogens with two attached hydrogens (primary N) is 1. The van der Waals surface area contributed by atoms with Crippen molar-refractivity contribution in [3.05, 3.63) is 11.8 Å². The third-order valence-electron chi connectivity index (χ3n) is 2.14. The Bertz CT molecular complexity index is 282. The van der Waals surface area contributed by atoms with E-state index in [1.54, 1.807) is 6.92 Å². The van der Waals surface area contributed by atoms with Gasteiger partial charge in [-0.15, -0.1) is 0 Å². The molecule has 0 spiro atoms. The molecule has 1 rings (SSSR count). The molecule has 0 saturated heterocycles. The van der Waals surface area contributed by atoms with Crippen molar-refractivity contribution in [1.82, 2.24) is 5.32 Å². The summed E-state index contributed by atoms with van der Waals surface area (Å²) in [5.41, 5.74) is 5.37. The van der Waals surface area contributed by atoms with Crippen LogP contribution in [0.4, 0.5) is 0 Å². The molecule has 0 atom stereocenters. The topological polar surface area (TPSA) is 88.2 Å². The van der Waals surface area contributed by atoms with Gasteiger partial charge in [-0.3, -0.25) is 5.41 Å². The average molecular weight is 211 g/mol. The SMILES string of the molecule is CCOC(=O)/C(=C/NCC1CC1)C(=N)N. The minimum absolute atomic E-state index is 0.0949. The summed E-state index contributed by atoms with van der Waals surface area (Å²) in [6.45, 7) is 2.83. The number of nitrogens with one attached hydrogen (secondary N) is 2. The zero-order valence-corrected chi connectivity index (χ0v) is 8.88. The van der Waals surface area contributed by atoms with Crippen molar-refractivity contribution in [3.63, 3.8) is 0 Å². The number of carbonyl (C=O) groups excluding carboxylic acids is 1. The maximum absolute atomic E-state index is 11.3. The van der Waals surface area contributed by atoms with Crippen molar-refractivity contribution in [2.75, 3.05) is 13.2 Å². The van der Waals surface area contributed by atoms with E-state index in [0.29, 0.717) is 5.92 Å². The second-order valence-electron chi connectivity index (χ2n) is 3.54. The first-order valence-corrected chi connectivity index (χ1v) is 5.10. The van der Waals surface area contributed by atoms with Crippen molar-refractivity contribution in [2.24, 2.45) is 11.7 Å². The number of carbonyl (C=O) groups is 1. The summed E-state index contributed by atoms with van der Waals surface area (Å²) in [5.74, 6) is -0.110. The Hall–Kier alpha value is -1.52. The van der Waals surface area contributed by atoms with E-state index in [9.17, 15) is 4.79 Å². The van der Waals surface area contributed by atoms with Crippen molar-refractivity contribution >= 4 is 11.8 Å². The summed E-state index contributed by atoms with van der Waals surface area (Å²) in [7, 11) is 0. The van der Waals surface area contributed by atoms with E-state index in [1.165, 1.54) is 19.0 Å². The molecule has 0 bridgehead atoms. The van der Waals surface area contributed by atoms with E-state index in [2.05, 4.69) is 5.32 Å². The van der Waals surface area contributed by atoms with Gasteiger partial charge in [0, 0.05) is 12.7 Å². The first-order chi connectivity index (χ1) is 7.15. The van der Waals surface area contributed by atoms with E-state index in [0.717, 1.165) is 6.54 Å². The summed E-state index contributed by atoms with van der Waals surface area (Å²) in [4.78, 5) is 11.3. The van der Waals surface area contributed by atoms with Gasteiger partial charge in [0.05, 0.1) is 6.61 Å². The van der Waals surface area contributed by atoms with Gasteiger partial charge < -0.3 is 15.8 Å². The zero-order valence-electron chi connectivity index (χ0n) is 8.88. The molecule has 5 nitrogen and oxygen atoms in total. The molecular weight excluding hydrogens is 194 g/mol. The fourth-order valence-electron chi connectivity index (χ4n) is 1.11. The Morgan fingerprint density at radius 1 is 1.67 bits per heavy atom. The highest BCUT2D eigenvalue weighted by molar-refractivity contribution is 6.16. The molecule has 84 valence electrons. The van der Waals surface area contributed by atoms with E-state index in [4.69, 9.17) is 15.9 Å². The van der Waals surface area contributed by atoms with E-state index in [-0.39, 0.29) is 18.0 Å². The molecule has 1 fully saturated rings. The van der Waals surface area contributed by atoms with Gasteiger partial charge in [-0.05, 0) is 25.7 Å². The Kier molecular flexibility index (Phi) is 4.15. The molecule has 0 aromatic rings. The highest BCUT2D eigenvalue weighted by atomic mass is 16.5. The molecule has 1 aliphatic rings. The van der Waals surface area contributed by atoms with Crippen LogP contribution in [-0.4, -0.2) is 25.0 Å². The van der Waals surface area contributed by atoms with Crippen LogP contribution in [-0.2, 0) is 9.53 Å². The van der Waals surface area contributed by atoms with Gasteiger partial charge in [0.15, 0.2) is 0 Å². The van der Waals surface area contributed by atoms with Crippen LogP contribution in [0, 0.1) is 11.3 Å². The van der Waals surface area contributed by atoms with Gasteiger partial charge in [-0.2, -0.15) is 0 Å². The molecule has 0 aromatic heterocycles. The van der Waals surface area contributed by atoms with Crippen LogP contribution in [0.25, 0.3) is 0 Å². The molecule has 15 heavy (non-hydrogen) atoms. The maximum atomic E-state index is 11.3. The second-order valence-corrected chi connectivity index (χ2v) is 3.54. The van der Waals surface area contributed by atoms with E-state index in [1.807, 2.05) is 0 Å². The predicted molar refractivity (Wildman–Crippen MR) is 57.4 cm³/mol. The van der Waals surface area contributed by atoms with Crippen LogP contribution in [0.5, 0.6) is 0 Å². The second kappa shape index (κ2) is 5.38. The largest absolute Gasteiger partial charge is 0.462 e. The van der Waals surface area contributed by atoms with Gasteiger partial charge >= 0.3 is 5.97 Å². The number of hydrogen-bond donors (Lipinski definition) is 3. The first kappa shape index (κ1) is 11.6. The normalized spacial score (nSPS) is 15.9. The summed E-state index contributed by atoms with van der Waals surface area (Å²) < 4.78 is 4.77. The Labute approximate surface area is 89.2 Å². The molecule has 0 aliphatic heterocycles. The molecule has 1 aliphatic carbocycles. The third kappa shape index (κ3) is 4.01. The molecule has 5 heteroatoms. The van der Waals surface area contributed by atoms with Crippen LogP contribution in [0.3, 0.4) is 0 Å². The smallest absolute Gasteiger partial charge is 0.343 e. The van der Waals surface area contributed by atoms with Gasteiger partial charge in [0.2, 0.25) is 0 Å². The highest BCUT2D eigenvalue weighted by Gasteiger charge is 2.20. The number of ether oxygens (including phenoxy) is 1. The Morgan fingerprint density at radius 2 is 2.33 bits per heavy atom. The maximum Gasteiger partial charge on any atom is 0.343 e. The fourth-order valence-corrected chi connectivity index (χ4v) is 1.11. The average Bonchev–Trinajstić information content (AvgIpc) is 2.95. The monoisotopic (exact) mass is 211 g/mol. The van der Waals surface area contributed by atoms with Crippen molar-refractivity contribution < 1.29 is 9.53 Å². The molecule has 0 unspecified atom stereocenters. The van der Waals surface area contributed by atoms with Crippen LogP contribution in [0.1, 0.15) is 19.8 Å². The molecule has 1 saturated carbocycles. The number of esters is 1. The van der Waals surface area contributed by atoms with Crippen LogP contribution in [0.15, 0.2) is 11.8 Å².